The van der Waals surface area contributed by atoms with Gasteiger partial charge in [0.15, 0.2) is 0 Å². The quantitative estimate of drug-likeness (QED) is 0.368. The normalized spacial score (nSPS) is 5.00. The van der Waals surface area contributed by atoms with E-state index in [0.29, 0.717) is 0 Å². The fourth-order valence-corrected chi connectivity index (χ4v) is 0. The van der Waals surface area contributed by atoms with E-state index in [1.54, 1.807) is 0 Å². The largest absolute Gasteiger partial charge is 0.412 e. The van der Waals surface area contributed by atoms with Gasteiger partial charge in [-0.15, -0.1) is 0 Å². The van der Waals surface area contributed by atoms with Gasteiger partial charge in [0.2, 0.25) is 0 Å². The number of rotatable bonds is 1. The average Bonchev–Trinajstić information content (AvgIpc) is 1.37. The number of aliphatic hydroxyl groups is 2. The maximum absolute atomic E-state index is 7.62. The maximum atomic E-state index is 7.62. The molecule has 4 heteroatoms. The molecule has 0 aliphatic heterocycles. The molecule has 0 aromatic carbocycles. The Hall–Kier alpha value is 0.880. The Bertz CT molecular complexity index is 10.8. The zero-order valence-corrected chi connectivity index (χ0v) is 5.81. The molecule has 0 aliphatic rings. The van der Waals surface area contributed by atoms with Crippen LogP contribution in [0.15, 0.2) is 0 Å². The van der Waals surface area contributed by atoms with Crippen LogP contribution in [0.3, 0.4) is 0 Å². The van der Waals surface area contributed by atoms with Crippen molar-refractivity contribution in [3.05, 3.63) is 0 Å². The van der Waals surface area contributed by atoms with Crippen molar-refractivity contribution in [2.45, 2.75) is 0 Å². The van der Waals surface area contributed by atoms with Crippen molar-refractivity contribution in [2.24, 2.45) is 0 Å². The van der Waals surface area contributed by atoms with Crippen LogP contribution in [0.4, 0.5) is 0 Å². The minimum absolute atomic E-state index is 0. The molecule has 0 fully saturated rings. The molecule has 0 heterocycles. The maximum Gasteiger partial charge on any atom is 0.0662 e. The van der Waals surface area contributed by atoms with Gasteiger partial charge >= 0.3 is 0 Å². The fourth-order valence-electron chi connectivity index (χ4n) is 0. The van der Waals surface area contributed by atoms with Gasteiger partial charge in [-0.3, -0.25) is 0 Å². The van der Waals surface area contributed by atoms with Crippen LogP contribution < -0.4 is 0 Å². The van der Waals surface area contributed by atoms with Crippen molar-refractivity contribution in [1.29, 1.82) is 0 Å². The SMILES string of the molecule is O.OCCO.[Na]. The van der Waals surface area contributed by atoms with E-state index in [1.165, 1.54) is 0 Å². The molecule has 0 aliphatic carbocycles. The third-order valence-corrected chi connectivity index (χ3v) is 0.1000. The third-order valence-electron chi connectivity index (χ3n) is 0.1000. The predicted molar refractivity (Wildman–Crippen MR) is 23.5 cm³/mol. The van der Waals surface area contributed by atoms with Gasteiger partial charge in [0.1, 0.15) is 0 Å². The van der Waals surface area contributed by atoms with Gasteiger partial charge in [-0.2, -0.15) is 0 Å². The molecule has 0 amide bonds. The Balaban J connectivity index is -0.0000000450. The van der Waals surface area contributed by atoms with Crippen molar-refractivity contribution in [3.8, 4) is 0 Å². The molecule has 4 N–H and O–H groups in total. The molecule has 0 aromatic heterocycles. The van der Waals surface area contributed by atoms with Gasteiger partial charge in [0.05, 0.1) is 13.2 Å². The predicted octanol–water partition coefficient (Wildman–Crippen LogP) is -2.23. The first-order valence-corrected chi connectivity index (χ1v) is 1.13. The smallest absolute Gasteiger partial charge is 0.0662 e. The standard InChI is InChI=1S/C2H6O2.Na.H2O/c3-1-2-4;;/h3-4H,1-2H2;;1H2. The molecule has 3 nitrogen and oxygen atoms in total. The van der Waals surface area contributed by atoms with Gasteiger partial charge in [0.25, 0.3) is 0 Å². The molecule has 0 aromatic rings. The van der Waals surface area contributed by atoms with Gasteiger partial charge in [-0.1, -0.05) is 0 Å². The molecule has 0 unspecified atom stereocenters. The molecule has 0 spiro atoms. The third kappa shape index (κ3) is 20.8. The van der Waals surface area contributed by atoms with Crippen LogP contribution in [0.25, 0.3) is 0 Å². The van der Waals surface area contributed by atoms with Gasteiger partial charge < -0.3 is 15.7 Å². The topological polar surface area (TPSA) is 72.0 Å². The Morgan fingerprint density at radius 3 is 1.17 bits per heavy atom. The van der Waals surface area contributed by atoms with E-state index >= 15 is 0 Å². The van der Waals surface area contributed by atoms with E-state index in [1.807, 2.05) is 0 Å². The summed E-state index contributed by atoms with van der Waals surface area (Å²) in [5.74, 6) is 0. The van der Waals surface area contributed by atoms with Crippen LogP contribution in [0.2, 0.25) is 0 Å². The minimum atomic E-state index is -0.125. The summed E-state index contributed by atoms with van der Waals surface area (Å²) in [5.41, 5.74) is 0. The first kappa shape index (κ1) is 15.8. The van der Waals surface area contributed by atoms with Gasteiger partial charge in [-0.25, -0.2) is 0 Å². The van der Waals surface area contributed by atoms with Crippen LogP contribution in [0.5, 0.6) is 0 Å². The molecule has 35 valence electrons. The monoisotopic (exact) mass is 103 g/mol. The Morgan fingerprint density at radius 2 is 1.17 bits per heavy atom. The Morgan fingerprint density at radius 1 is 1.00 bits per heavy atom. The molecule has 0 saturated carbocycles. The first-order valence-electron chi connectivity index (χ1n) is 1.13. The first-order chi connectivity index (χ1) is 1.91. The summed E-state index contributed by atoms with van der Waals surface area (Å²) in [6.45, 7) is -0.250. The molecule has 6 heavy (non-hydrogen) atoms. The van der Waals surface area contributed by atoms with Gasteiger partial charge in [-0.05, 0) is 0 Å². The zero-order valence-electron chi connectivity index (χ0n) is 3.81. The summed E-state index contributed by atoms with van der Waals surface area (Å²) in [7, 11) is 0. The summed E-state index contributed by atoms with van der Waals surface area (Å²) in [5, 5.41) is 15.2. The van der Waals surface area contributed by atoms with Crippen LogP contribution in [-0.4, -0.2) is 58.5 Å². The van der Waals surface area contributed by atoms with Gasteiger partial charge in [0, 0.05) is 29.6 Å². The molecular weight excluding hydrogens is 95.0 g/mol. The summed E-state index contributed by atoms with van der Waals surface area (Å²) < 4.78 is 0. The molecular formula is C2H8NaO3. The Labute approximate surface area is 58.6 Å². The number of hydrogen-bond acceptors (Lipinski definition) is 2. The van der Waals surface area contributed by atoms with E-state index < -0.39 is 0 Å². The van der Waals surface area contributed by atoms with Crippen molar-refractivity contribution in [2.75, 3.05) is 13.2 Å². The number of aliphatic hydroxyl groups excluding tert-OH is 2. The van der Waals surface area contributed by atoms with Crippen molar-refractivity contribution < 1.29 is 15.7 Å². The summed E-state index contributed by atoms with van der Waals surface area (Å²) in [6, 6.07) is 0. The Kier molecular flexibility index (Phi) is 44.5. The van der Waals surface area contributed by atoms with E-state index in [4.69, 9.17) is 10.2 Å². The summed E-state index contributed by atoms with van der Waals surface area (Å²) >= 11 is 0. The molecule has 0 atom stereocenters. The van der Waals surface area contributed by atoms with Crippen LogP contribution >= 0.6 is 0 Å². The second-order valence-electron chi connectivity index (χ2n) is 0.447. The second-order valence-corrected chi connectivity index (χ2v) is 0.447. The van der Waals surface area contributed by atoms with Crippen LogP contribution in [0, 0.1) is 0 Å². The van der Waals surface area contributed by atoms with Crippen molar-refractivity contribution in [1.82, 2.24) is 0 Å². The van der Waals surface area contributed by atoms with Crippen molar-refractivity contribution >= 4 is 29.6 Å². The van der Waals surface area contributed by atoms with E-state index in [-0.39, 0.29) is 48.2 Å². The zero-order chi connectivity index (χ0) is 3.41. The summed E-state index contributed by atoms with van der Waals surface area (Å²) in [4.78, 5) is 0. The van der Waals surface area contributed by atoms with E-state index in [9.17, 15) is 0 Å². The summed E-state index contributed by atoms with van der Waals surface area (Å²) in [6.07, 6.45) is 0. The molecule has 0 rings (SSSR count). The van der Waals surface area contributed by atoms with E-state index in [0.717, 1.165) is 0 Å². The van der Waals surface area contributed by atoms with Crippen LogP contribution in [0.1, 0.15) is 0 Å². The second kappa shape index (κ2) is 16.9. The fraction of sp³-hybridized carbons (Fsp3) is 1.00. The van der Waals surface area contributed by atoms with Crippen molar-refractivity contribution in [3.63, 3.8) is 0 Å². The average molecular weight is 103 g/mol. The molecule has 0 saturated heterocycles. The minimum Gasteiger partial charge on any atom is -0.412 e. The van der Waals surface area contributed by atoms with E-state index in [2.05, 4.69) is 0 Å². The molecule has 0 bridgehead atoms. The molecule has 1 radical (unpaired) electrons. The van der Waals surface area contributed by atoms with Crippen LogP contribution in [-0.2, 0) is 0 Å². The number of hydrogen-bond donors (Lipinski definition) is 2.